The summed E-state index contributed by atoms with van der Waals surface area (Å²) in [6, 6.07) is 0.154. The van der Waals surface area contributed by atoms with Gasteiger partial charge in [0.25, 0.3) is 0 Å². The van der Waals surface area contributed by atoms with E-state index < -0.39 is 0 Å². The minimum atomic E-state index is 0.154. The molecule has 1 aromatic heterocycles. The first kappa shape index (κ1) is 7.96. The SMILES string of the molecule is O/N=C1/C2CCC(C2)C1n1cncn1. The lowest BCUT2D eigenvalue weighted by atomic mass is 9.93. The fourth-order valence-corrected chi connectivity index (χ4v) is 2.91. The fourth-order valence-electron chi connectivity index (χ4n) is 2.91. The maximum atomic E-state index is 8.98. The van der Waals surface area contributed by atoms with Crippen molar-refractivity contribution in [2.75, 3.05) is 0 Å². The molecule has 0 spiro atoms. The number of fused-ring (bicyclic) bond motifs is 2. The van der Waals surface area contributed by atoms with E-state index >= 15 is 0 Å². The van der Waals surface area contributed by atoms with E-state index in [0.717, 1.165) is 18.6 Å². The second kappa shape index (κ2) is 2.80. The average Bonchev–Trinajstić information content (AvgIpc) is 2.92. The molecule has 1 N–H and O–H groups in total. The van der Waals surface area contributed by atoms with Crippen molar-refractivity contribution in [3.63, 3.8) is 0 Å². The van der Waals surface area contributed by atoms with Gasteiger partial charge in [0.2, 0.25) is 0 Å². The Morgan fingerprint density at radius 2 is 2.43 bits per heavy atom. The molecule has 5 nitrogen and oxygen atoms in total. The van der Waals surface area contributed by atoms with Gasteiger partial charge in [-0.3, -0.25) is 0 Å². The molecule has 2 bridgehead atoms. The van der Waals surface area contributed by atoms with Gasteiger partial charge in [0.05, 0.1) is 11.8 Å². The van der Waals surface area contributed by atoms with Gasteiger partial charge in [-0.15, -0.1) is 0 Å². The Labute approximate surface area is 81.4 Å². The molecule has 3 rings (SSSR count). The van der Waals surface area contributed by atoms with Crippen molar-refractivity contribution in [1.29, 1.82) is 0 Å². The topological polar surface area (TPSA) is 63.3 Å². The molecule has 0 aromatic carbocycles. The normalized spacial score (nSPS) is 38.3. The Morgan fingerprint density at radius 3 is 3.14 bits per heavy atom. The molecule has 0 aliphatic heterocycles. The van der Waals surface area contributed by atoms with E-state index in [1.165, 1.54) is 12.7 Å². The zero-order chi connectivity index (χ0) is 9.54. The molecule has 2 saturated carbocycles. The zero-order valence-electron chi connectivity index (χ0n) is 7.74. The summed E-state index contributed by atoms with van der Waals surface area (Å²) in [6.45, 7) is 0. The van der Waals surface area contributed by atoms with Crippen LogP contribution in [0, 0.1) is 11.8 Å². The third-order valence-electron chi connectivity index (χ3n) is 3.48. The molecular formula is C9H12N4O. The number of hydrogen-bond acceptors (Lipinski definition) is 4. The summed E-state index contributed by atoms with van der Waals surface area (Å²) in [6.07, 6.45) is 6.75. The van der Waals surface area contributed by atoms with E-state index in [9.17, 15) is 0 Å². The fraction of sp³-hybridized carbons (Fsp3) is 0.667. The van der Waals surface area contributed by atoms with Crippen LogP contribution >= 0.6 is 0 Å². The van der Waals surface area contributed by atoms with Crippen molar-refractivity contribution in [3.8, 4) is 0 Å². The Morgan fingerprint density at radius 1 is 1.50 bits per heavy atom. The molecule has 5 heteroatoms. The Balaban J connectivity index is 2.00. The van der Waals surface area contributed by atoms with E-state index in [4.69, 9.17) is 5.21 Å². The van der Waals surface area contributed by atoms with Crippen LogP contribution in [0.25, 0.3) is 0 Å². The van der Waals surface area contributed by atoms with Crippen LogP contribution in [0.15, 0.2) is 17.8 Å². The third kappa shape index (κ3) is 0.921. The van der Waals surface area contributed by atoms with E-state index in [0.29, 0.717) is 11.8 Å². The molecule has 0 amide bonds. The van der Waals surface area contributed by atoms with Crippen LogP contribution in [-0.2, 0) is 0 Å². The van der Waals surface area contributed by atoms with Crippen LogP contribution in [0.1, 0.15) is 25.3 Å². The number of aromatic nitrogens is 3. The summed E-state index contributed by atoms with van der Waals surface area (Å²) in [5.74, 6) is 1.06. The predicted octanol–water partition coefficient (Wildman–Crippen LogP) is 1.08. The number of hydrogen-bond donors (Lipinski definition) is 1. The van der Waals surface area contributed by atoms with E-state index in [1.54, 1.807) is 6.33 Å². The Hall–Kier alpha value is -1.39. The van der Waals surface area contributed by atoms with Crippen molar-refractivity contribution in [2.24, 2.45) is 17.0 Å². The zero-order valence-corrected chi connectivity index (χ0v) is 7.74. The van der Waals surface area contributed by atoms with Gasteiger partial charge in [0, 0.05) is 5.92 Å². The Kier molecular flexibility index (Phi) is 1.59. The smallest absolute Gasteiger partial charge is 0.137 e. The second-order valence-electron chi connectivity index (χ2n) is 4.12. The molecule has 0 radical (unpaired) electrons. The molecule has 1 aromatic rings. The van der Waals surface area contributed by atoms with E-state index in [1.807, 2.05) is 4.68 Å². The molecule has 3 atom stereocenters. The van der Waals surface area contributed by atoms with Gasteiger partial charge in [-0.2, -0.15) is 5.10 Å². The molecule has 0 saturated heterocycles. The lowest BCUT2D eigenvalue weighted by Crippen LogP contribution is -2.26. The molecule has 74 valence electrons. The van der Waals surface area contributed by atoms with Crippen molar-refractivity contribution < 1.29 is 5.21 Å². The van der Waals surface area contributed by atoms with Crippen LogP contribution in [-0.4, -0.2) is 25.7 Å². The molecule has 2 fully saturated rings. The van der Waals surface area contributed by atoms with Crippen molar-refractivity contribution in [3.05, 3.63) is 12.7 Å². The standard InChI is InChI=1S/C9H12N4O/c14-12-8-6-1-2-7(3-6)9(8)13-5-10-4-11-13/h4-7,9,14H,1-3H2/b12-8-. The molecule has 14 heavy (non-hydrogen) atoms. The highest BCUT2D eigenvalue weighted by atomic mass is 16.4. The summed E-state index contributed by atoms with van der Waals surface area (Å²) >= 11 is 0. The van der Waals surface area contributed by atoms with E-state index in [2.05, 4.69) is 15.2 Å². The maximum Gasteiger partial charge on any atom is 0.137 e. The molecular weight excluding hydrogens is 180 g/mol. The third-order valence-corrected chi connectivity index (χ3v) is 3.48. The van der Waals surface area contributed by atoms with Gasteiger partial charge < -0.3 is 5.21 Å². The first-order valence-electron chi connectivity index (χ1n) is 4.96. The van der Waals surface area contributed by atoms with Gasteiger partial charge in [0.1, 0.15) is 12.7 Å². The van der Waals surface area contributed by atoms with Crippen molar-refractivity contribution in [1.82, 2.24) is 14.8 Å². The summed E-state index contributed by atoms with van der Waals surface area (Å²) in [5.41, 5.74) is 0.895. The van der Waals surface area contributed by atoms with Crippen LogP contribution in [0.2, 0.25) is 0 Å². The molecule has 3 unspecified atom stereocenters. The monoisotopic (exact) mass is 192 g/mol. The number of oxime groups is 1. The van der Waals surface area contributed by atoms with Gasteiger partial charge in [-0.25, -0.2) is 9.67 Å². The largest absolute Gasteiger partial charge is 0.411 e. The van der Waals surface area contributed by atoms with E-state index in [-0.39, 0.29) is 6.04 Å². The van der Waals surface area contributed by atoms with Crippen LogP contribution in [0.4, 0.5) is 0 Å². The summed E-state index contributed by atoms with van der Waals surface area (Å²) in [7, 11) is 0. The quantitative estimate of drug-likeness (QED) is 0.535. The molecule has 2 aliphatic rings. The summed E-state index contributed by atoms with van der Waals surface area (Å²) < 4.78 is 1.82. The van der Waals surface area contributed by atoms with Crippen molar-refractivity contribution in [2.45, 2.75) is 25.3 Å². The minimum Gasteiger partial charge on any atom is -0.411 e. The van der Waals surface area contributed by atoms with Crippen LogP contribution in [0.3, 0.4) is 0 Å². The highest BCUT2D eigenvalue weighted by molar-refractivity contribution is 5.93. The average molecular weight is 192 g/mol. The highest BCUT2D eigenvalue weighted by Gasteiger charge is 2.46. The summed E-state index contributed by atoms with van der Waals surface area (Å²) in [4.78, 5) is 3.93. The lowest BCUT2D eigenvalue weighted by Gasteiger charge is -2.22. The first-order valence-corrected chi connectivity index (χ1v) is 4.96. The van der Waals surface area contributed by atoms with Crippen LogP contribution in [0.5, 0.6) is 0 Å². The lowest BCUT2D eigenvalue weighted by molar-refractivity contribution is 0.304. The highest BCUT2D eigenvalue weighted by Crippen LogP contribution is 2.48. The van der Waals surface area contributed by atoms with Crippen LogP contribution < -0.4 is 0 Å². The first-order chi connectivity index (χ1) is 6.90. The molecule has 2 aliphatic carbocycles. The van der Waals surface area contributed by atoms with Gasteiger partial charge >= 0.3 is 0 Å². The number of rotatable bonds is 1. The maximum absolute atomic E-state index is 8.98. The number of nitrogens with zero attached hydrogens (tertiary/aromatic N) is 4. The second-order valence-corrected chi connectivity index (χ2v) is 4.12. The van der Waals surface area contributed by atoms with Crippen molar-refractivity contribution >= 4 is 5.71 Å². The van der Waals surface area contributed by atoms with Gasteiger partial charge in [0.15, 0.2) is 0 Å². The predicted molar refractivity (Wildman–Crippen MR) is 49.1 cm³/mol. The van der Waals surface area contributed by atoms with Gasteiger partial charge in [-0.1, -0.05) is 5.16 Å². The Bertz CT molecular complexity index is 359. The molecule has 1 heterocycles. The van der Waals surface area contributed by atoms with Gasteiger partial charge in [-0.05, 0) is 25.2 Å². The minimum absolute atomic E-state index is 0.154. The summed E-state index contributed by atoms with van der Waals surface area (Å²) in [5, 5.41) is 16.5.